The van der Waals surface area contributed by atoms with Gasteiger partial charge >= 0.3 is 12.4 Å². The van der Waals surface area contributed by atoms with Gasteiger partial charge < -0.3 is 9.47 Å². The lowest BCUT2D eigenvalue weighted by atomic mass is 10.0. The molecule has 0 radical (unpaired) electrons. The molecule has 0 bridgehead atoms. The van der Waals surface area contributed by atoms with Crippen LogP contribution in [0.3, 0.4) is 0 Å². The van der Waals surface area contributed by atoms with E-state index in [9.17, 15) is 35.9 Å². The lowest BCUT2D eigenvalue weighted by Crippen LogP contribution is -2.50. The van der Waals surface area contributed by atoms with Crippen LogP contribution in [0.4, 0.5) is 26.3 Å². The summed E-state index contributed by atoms with van der Waals surface area (Å²) in [4.78, 5) is 26.4. The van der Waals surface area contributed by atoms with Gasteiger partial charge in [0, 0.05) is 13.1 Å². The molecule has 1 aromatic heterocycles. The number of amides is 1. The number of alkyl halides is 6. The molecule has 1 aliphatic heterocycles. The number of fused-ring (bicyclic) bond motifs is 1. The summed E-state index contributed by atoms with van der Waals surface area (Å²) in [6, 6.07) is 3.46. The summed E-state index contributed by atoms with van der Waals surface area (Å²) in [5.74, 6) is -0.635. The second kappa shape index (κ2) is 7.75. The Morgan fingerprint density at radius 2 is 1.57 bits per heavy atom. The standard InChI is InChI=1S/C19H15BrF6N2O2/c1-2-13-9-28-15(4-3-14(20)16(28)29)17(30)27(13)8-10-5-11(18(21,22)23)7-12(6-10)19(24,25)26/h3-7,13H,2,8-9H2,1H3. The van der Waals surface area contributed by atoms with Crippen molar-refractivity contribution in [3.63, 3.8) is 0 Å². The molecule has 0 N–H and O–H groups in total. The highest BCUT2D eigenvalue weighted by Gasteiger charge is 2.38. The maximum Gasteiger partial charge on any atom is 0.416 e. The number of hydrogen-bond acceptors (Lipinski definition) is 2. The first kappa shape index (κ1) is 22.4. The highest BCUT2D eigenvalue weighted by Crippen LogP contribution is 2.37. The molecular weight excluding hydrogens is 482 g/mol. The predicted molar refractivity (Wildman–Crippen MR) is 98.8 cm³/mol. The minimum atomic E-state index is -4.97. The van der Waals surface area contributed by atoms with Crippen molar-refractivity contribution in [1.29, 1.82) is 0 Å². The van der Waals surface area contributed by atoms with Gasteiger partial charge in [0.2, 0.25) is 0 Å². The largest absolute Gasteiger partial charge is 0.416 e. The van der Waals surface area contributed by atoms with E-state index in [1.165, 1.54) is 21.6 Å². The van der Waals surface area contributed by atoms with E-state index in [0.717, 1.165) is 0 Å². The van der Waals surface area contributed by atoms with E-state index in [-0.39, 0.29) is 28.3 Å². The van der Waals surface area contributed by atoms with Crippen molar-refractivity contribution in [3.05, 3.63) is 67.5 Å². The van der Waals surface area contributed by atoms with Crippen LogP contribution in [0.5, 0.6) is 0 Å². The van der Waals surface area contributed by atoms with Crippen molar-refractivity contribution in [2.24, 2.45) is 0 Å². The summed E-state index contributed by atoms with van der Waals surface area (Å²) in [6.07, 6.45) is -9.59. The van der Waals surface area contributed by atoms with Crippen molar-refractivity contribution >= 4 is 21.8 Å². The van der Waals surface area contributed by atoms with E-state index >= 15 is 0 Å². The van der Waals surface area contributed by atoms with E-state index < -0.39 is 47.5 Å². The van der Waals surface area contributed by atoms with E-state index in [2.05, 4.69) is 15.9 Å². The first-order chi connectivity index (χ1) is 13.8. The van der Waals surface area contributed by atoms with Gasteiger partial charge in [0.25, 0.3) is 11.5 Å². The average Bonchev–Trinajstić information content (AvgIpc) is 2.65. The summed E-state index contributed by atoms with van der Waals surface area (Å²) < 4.78 is 80.2. The van der Waals surface area contributed by atoms with Gasteiger partial charge in [-0.15, -0.1) is 0 Å². The summed E-state index contributed by atoms with van der Waals surface area (Å²) in [5, 5.41) is 0. The first-order valence-corrected chi connectivity index (χ1v) is 9.61. The highest BCUT2D eigenvalue weighted by molar-refractivity contribution is 9.10. The van der Waals surface area contributed by atoms with Crippen molar-refractivity contribution in [2.45, 2.75) is 44.8 Å². The molecule has 1 aromatic carbocycles. The smallest absolute Gasteiger partial charge is 0.328 e. The molecule has 3 rings (SSSR count). The number of nitrogens with zero attached hydrogens (tertiary/aromatic N) is 2. The molecule has 2 aromatic rings. The van der Waals surface area contributed by atoms with Crippen LogP contribution in [0.25, 0.3) is 0 Å². The monoisotopic (exact) mass is 496 g/mol. The van der Waals surface area contributed by atoms with E-state index in [0.29, 0.717) is 18.6 Å². The molecule has 1 amide bonds. The van der Waals surface area contributed by atoms with Crippen LogP contribution in [0.1, 0.15) is 40.5 Å². The number of aromatic nitrogens is 1. The molecule has 30 heavy (non-hydrogen) atoms. The molecule has 162 valence electrons. The minimum Gasteiger partial charge on any atom is -0.328 e. The van der Waals surface area contributed by atoms with Gasteiger partial charge in [-0.1, -0.05) is 6.92 Å². The Balaban J connectivity index is 2.05. The zero-order chi connectivity index (χ0) is 22.4. The molecule has 0 saturated carbocycles. The lowest BCUT2D eigenvalue weighted by molar-refractivity contribution is -0.143. The van der Waals surface area contributed by atoms with Crippen molar-refractivity contribution in [2.75, 3.05) is 0 Å². The maximum absolute atomic E-state index is 13.1. The lowest BCUT2D eigenvalue weighted by Gasteiger charge is -2.37. The maximum atomic E-state index is 13.1. The van der Waals surface area contributed by atoms with Gasteiger partial charge in [0.15, 0.2) is 0 Å². The number of carbonyl (C=O) groups is 1. The molecule has 11 heteroatoms. The number of rotatable bonds is 3. The Bertz CT molecular complexity index is 1010. The Hall–Kier alpha value is -2.30. The molecule has 0 aliphatic carbocycles. The summed E-state index contributed by atoms with van der Waals surface area (Å²) >= 11 is 3.09. The molecule has 0 fully saturated rings. The van der Waals surface area contributed by atoms with Gasteiger partial charge in [0.05, 0.1) is 21.6 Å². The van der Waals surface area contributed by atoms with E-state index in [1.54, 1.807) is 6.92 Å². The predicted octanol–water partition coefficient (Wildman–Crippen LogP) is 5.08. The molecule has 0 saturated heterocycles. The third kappa shape index (κ3) is 4.26. The molecule has 1 atom stereocenters. The average molecular weight is 497 g/mol. The SMILES string of the molecule is CCC1Cn2c(ccc(Br)c2=O)C(=O)N1Cc1cc(C(F)(F)F)cc(C(F)(F)F)c1. The Morgan fingerprint density at radius 3 is 2.07 bits per heavy atom. The fourth-order valence-electron chi connectivity index (χ4n) is 3.40. The van der Waals surface area contributed by atoms with Crippen molar-refractivity contribution < 1.29 is 31.1 Å². The molecular formula is C19H15BrF6N2O2. The third-order valence-corrected chi connectivity index (χ3v) is 5.52. The van der Waals surface area contributed by atoms with E-state index in [4.69, 9.17) is 0 Å². The van der Waals surface area contributed by atoms with Gasteiger partial charge in [-0.2, -0.15) is 26.3 Å². The Labute approximate surface area is 175 Å². The molecule has 4 nitrogen and oxygen atoms in total. The molecule has 0 spiro atoms. The number of pyridine rings is 1. The fraction of sp³-hybridized carbons (Fsp3) is 0.368. The van der Waals surface area contributed by atoms with Crippen molar-refractivity contribution in [1.82, 2.24) is 9.47 Å². The van der Waals surface area contributed by atoms with E-state index in [1.807, 2.05) is 0 Å². The van der Waals surface area contributed by atoms with Gasteiger partial charge in [0.1, 0.15) is 5.69 Å². The highest BCUT2D eigenvalue weighted by atomic mass is 79.9. The van der Waals surface area contributed by atoms with Crippen LogP contribution in [-0.4, -0.2) is 21.4 Å². The van der Waals surface area contributed by atoms with Crippen LogP contribution in [0.15, 0.2) is 39.6 Å². The third-order valence-electron chi connectivity index (χ3n) is 4.91. The van der Waals surface area contributed by atoms with Gasteiger partial charge in [-0.3, -0.25) is 9.59 Å². The van der Waals surface area contributed by atoms with Crippen LogP contribution in [-0.2, 0) is 25.4 Å². The quantitative estimate of drug-likeness (QED) is 0.556. The second-order valence-corrected chi connectivity index (χ2v) is 7.75. The first-order valence-electron chi connectivity index (χ1n) is 8.81. The number of benzene rings is 1. The topological polar surface area (TPSA) is 42.3 Å². The molecule has 1 unspecified atom stereocenters. The summed E-state index contributed by atoms with van der Waals surface area (Å²) in [6.45, 7) is 1.35. The van der Waals surface area contributed by atoms with Gasteiger partial charge in [-0.05, 0) is 58.2 Å². The zero-order valence-corrected chi connectivity index (χ0v) is 17.0. The number of halogens is 7. The number of hydrogen-bond donors (Lipinski definition) is 0. The Kier molecular flexibility index (Phi) is 5.78. The van der Waals surface area contributed by atoms with Crippen LogP contribution in [0.2, 0.25) is 0 Å². The van der Waals surface area contributed by atoms with Crippen molar-refractivity contribution in [3.8, 4) is 0 Å². The minimum absolute atomic E-state index is 0.0240. The van der Waals surface area contributed by atoms with Crippen LogP contribution < -0.4 is 5.56 Å². The van der Waals surface area contributed by atoms with Crippen LogP contribution in [0, 0.1) is 0 Å². The summed E-state index contributed by atoms with van der Waals surface area (Å²) in [5.41, 5.74) is -3.58. The Morgan fingerprint density at radius 1 is 1.00 bits per heavy atom. The van der Waals surface area contributed by atoms with Gasteiger partial charge in [-0.25, -0.2) is 0 Å². The zero-order valence-electron chi connectivity index (χ0n) is 15.4. The fourth-order valence-corrected chi connectivity index (χ4v) is 3.75. The normalized spacial score (nSPS) is 17.3. The molecule has 1 aliphatic rings. The van der Waals surface area contributed by atoms with Crippen LogP contribution >= 0.6 is 15.9 Å². The number of carbonyl (C=O) groups excluding carboxylic acids is 1. The molecule has 2 heterocycles. The second-order valence-electron chi connectivity index (χ2n) is 6.89. The summed E-state index contributed by atoms with van der Waals surface area (Å²) in [7, 11) is 0.